The molecule has 0 radical (unpaired) electrons. The van der Waals surface area contributed by atoms with E-state index in [2.05, 4.69) is 26.2 Å². The molecule has 1 unspecified atom stereocenters. The van der Waals surface area contributed by atoms with Crippen molar-refractivity contribution in [1.82, 2.24) is 10.3 Å². The first-order chi connectivity index (χ1) is 15.8. The number of hydrogen-bond acceptors (Lipinski definition) is 5. The van der Waals surface area contributed by atoms with E-state index in [-0.39, 0.29) is 17.1 Å². The first kappa shape index (κ1) is 23.9. The van der Waals surface area contributed by atoms with Gasteiger partial charge in [-0.05, 0) is 43.2 Å². The van der Waals surface area contributed by atoms with Crippen LogP contribution in [-0.4, -0.2) is 41.7 Å². The van der Waals surface area contributed by atoms with E-state index in [1.54, 1.807) is 12.1 Å². The molecule has 0 fully saturated rings. The number of para-hydroxylation sites is 1. The third-order valence-electron chi connectivity index (χ3n) is 4.93. The fourth-order valence-electron chi connectivity index (χ4n) is 3.25. The van der Waals surface area contributed by atoms with Gasteiger partial charge in [-0.3, -0.25) is 4.79 Å². The molecule has 0 bridgehead atoms. The van der Waals surface area contributed by atoms with Crippen molar-refractivity contribution in [1.29, 1.82) is 5.26 Å². The van der Waals surface area contributed by atoms with Crippen molar-refractivity contribution in [2.45, 2.75) is 19.4 Å². The first-order valence-electron chi connectivity index (χ1n) is 10.1. The average Bonchev–Trinajstić information content (AvgIpc) is 3.21. The highest BCUT2D eigenvalue weighted by atomic mass is 79.9. The predicted octanol–water partition coefficient (Wildman–Crippen LogP) is 4.06. The number of ether oxygens (including phenoxy) is 2. The number of carbonyl (C=O) groups is 2. The third-order valence-corrected chi connectivity index (χ3v) is 5.39. The minimum atomic E-state index is -1.16. The van der Waals surface area contributed by atoms with E-state index in [9.17, 15) is 20.0 Å². The summed E-state index contributed by atoms with van der Waals surface area (Å²) < 4.78 is 11.5. The van der Waals surface area contributed by atoms with Crippen molar-refractivity contribution >= 4 is 44.8 Å². The highest BCUT2D eigenvalue weighted by Gasteiger charge is 2.20. The Hall–Kier alpha value is -3.77. The van der Waals surface area contributed by atoms with Crippen LogP contribution in [0.5, 0.6) is 11.5 Å². The van der Waals surface area contributed by atoms with E-state index in [0.29, 0.717) is 23.0 Å². The summed E-state index contributed by atoms with van der Waals surface area (Å²) in [5.41, 5.74) is 2.26. The normalized spacial score (nSPS) is 12.1. The zero-order chi connectivity index (χ0) is 24.0. The number of halogens is 1. The van der Waals surface area contributed by atoms with Gasteiger partial charge < -0.3 is 24.9 Å². The summed E-state index contributed by atoms with van der Waals surface area (Å²) in [6.45, 7) is 1.71. The summed E-state index contributed by atoms with van der Waals surface area (Å²) in [7, 11) is 1.41. The van der Waals surface area contributed by atoms with Crippen molar-refractivity contribution in [2.24, 2.45) is 0 Å². The van der Waals surface area contributed by atoms with Gasteiger partial charge in [0.05, 0.1) is 7.11 Å². The second kappa shape index (κ2) is 10.7. The second-order valence-corrected chi connectivity index (χ2v) is 8.08. The number of nitriles is 1. The third kappa shape index (κ3) is 5.73. The molecule has 1 atom stereocenters. The number of aromatic amines is 1. The largest absolute Gasteiger partial charge is 0.493 e. The van der Waals surface area contributed by atoms with Gasteiger partial charge in [-0.25, -0.2) is 4.79 Å². The molecule has 33 heavy (non-hydrogen) atoms. The number of hydrogen-bond donors (Lipinski definition) is 3. The molecular formula is C24H22BrN3O5. The molecule has 2 aromatic carbocycles. The highest BCUT2D eigenvalue weighted by Crippen LogP contribution is 2.37. The molecular weight excluding hydrogens is 490 g/mol. The lowest BCUT2D eigenvalue weighted by atomic mass is 10.1. The zero-order valence-corrected chi connectivity index (χ0v) is 19.6. The van der Waals surface area contributed by atoms with E-state index in [1.807, 2.05) is 36.5 Å². The van der Waals surface area contributed by atoms with Crippen molar-refractivity contribution < 1.29 is 24.2 Å². The fraction of sp³-hybridized carbons (Fsp3) is 0.208. The number of nitrogens with one attached hydrogen (secondary N) is 2. The molecule has 1 aromatic heterocycles. The van der Waals surface area contributed by atoms with Crippen LogP contribution in [-0.2, 0) is 16.0 Å². The van der Waals surface area contributed by atoms with Crippen LogP contribution in [0.15, 0.2) is 52.6 Å². The Morgan fingerprint density at radius 2 is 2.09 bits per heavy atom. The van der Waals surface area contributed by atoms with E-state index in [4.69, 9.17) is 9.47 Å². The van der Waals surface area contributed by atoms with E-state index >= 15 is 0 Å². The van der Waals surface area contributed by atoms with Gasteiger partial charge in [-0.2, -0.15) is 5.26 Å². The standard InChI is InChI=1S/C24H22BrN3O5/c1-14(24(30)31)33-22-16(10-18(25)11-21(22)32-2)9-17(12-26)23(29)27-8-7-15-13-28-20-6-4-3-5-19(15)20/h3-6,9-11,13-14,28H,7-8H2,1-2H3,(H,27,29)(H,30,31). The van der Waals surface area contributed by atoms with Crippen LogP contribution in [0.2, 0.25) is 0 Å². The maximum atomic E-state index is 12.7. The number of aliphatic carboxylic acids is 1. The van der Waals surface area contributed by atoms with Crippen molar-refractivity contribution in [3.63, 3.8) is 0 Å². The number of aromatic nitrogens is 1. The van der Waals surface area contributed by atoms with Crippen LogP contribution in [0, 0.1) is 11.3 Å². The van der Waals surface area contributed by atoms with Crippen LogP contribution in [0.1, 0.15) is 18.1 Å². The number of carboxylic acids is 1. The average molecular weight is 512 g/mol. The molecule has 0 aliphatic heterocycles. The molecule has 9 heteroatoms. The van der Waals surface area contributed by atoms with Crippen molar-refractivity contribution in [3.8, 4) is 17.6 Å². The number of amides is 1. The van der Waals surface area contributed by atoms with Crippen LogP contribution in [0.3, 0.4) is 0 Å². The number of rotatable bonds is 9. The lowest BCUT2D eigenvalue weighted by Gasteiger charge is -2.17. The smallest absolute Gasteiger partial charge is 0.344 e. The number of benzene rings is 2. The molecule has 0 saturated carbocycles. The SMILES string of the molecule is COc1cc(Br)cc(C=C(C#N)C(=O)NCCc2c[nH]c3ccccc23)c1OC(C)C(=O)O. The summed E-state index contributed by atoms with van der Waals surface area (Å²) in [6.07, 6.45) is 2.67. The topological polar surface area (TPSA) is 124 Å². The Balaban J connectivity index is 1.80. The molecule has 3 N–H and O–H groups in total. The number of carboxylic acid groups (broad SMARTS) is 1. The predicted molar refractivity (Wildman–Crippen MR) is 127 cm³/mol. The van der Waals surface area contributed by atoms with Crippen molar-refractivity contribution in [3.05, 3.63) is 63.8 Å². The van der Waals surface area contributed by atoms with Crippen LogP contribution < -0.4 is 14.8 Å². The van der Waals surface area contributed by atoms with Gasteiger partial charge >= 0.3 is 5.97 Å². The first-order valence-corrected chi connectivity index (χ1v) is 10.8. The molecule has 0 aliphatic rings. The minimum Gasteiger partial charge on any atom is -0.493 e. The number of methoxy groups -OCH3 is 1. The fourth-order valence-corrected chi connectivity index (χ4v) is 3.70. The minimum absolute atomic E-state index is 0.120. The summed E-state index contributed by atoms with van der Waals surface area (Å²) in [5, 5.41) is 22.6. The van der Waals surface area contributed by atoms with Gasteiger partial charge in [0, 0.05) is 33.7 Å². The summed E-state index contributed by atoms with van der Waals surface area (Å²) in [5.74, 6) is -1.32. The van der Waals surface area contributed by atoms with Gasteiger partial charge in [0.2, 0.25) is 0 Å². The van der Waals surface area contributed by atoms with Gasteiger partial charge in [-0.15, -0.1) is 0 Å². The molecule has 0 spiro atoms. The number of H-pyrrole nitrogens is 1. The van der Waals surface area contributed by atoms with Gasteiger partial charge in [-0.1, -0.05) is 34.1 Å². The Bertz CT molecular complexity index is 1260. The second-order valence-electron chi connectivity index (χ2n) is 7.16. The molecule has 8 nitrogen and oxygen atoms in total. The van der Waals surface area contributed by atoms with E-state index < -0.39 is 18.0 Å². The number of fused-ring (bicyclic) bond motifs is 1. The number of carbonyl (C=O) groups excluding carboxylic acids is 1. The van der Waals surface area contributed by atoms with Crippen LogP contribution in [0.4, 0.5) is 0 Å². The molecule has 3 aromatic rings. The maximum absolute atomic E-state index is 12.7. The lowest BCUT2D eigenvalue weighted by molar-refractivity contribution is -0.144. The Kier molecular flexibility index (Phi) is 7.74. The van der Waals surface area contributed by atoms with Crippen molar-refractivity contribution in [2.75, 3.05) is 13.7 Å². The molecule has 170 valence electrons. The van der Waals surface area contributed by atoms with Gasteiger partial charge in [0.1, 0.15) is 11.6 Å². The monoisotopic (exact) mass is 511 g/mol. The van der Waals surface area contributed by atoms with Gasteiger partial charge in [0.25, 0.3) is 5.91 Å². The molecule has 0 saturated heterocycles. The molecule has 1 heterocycles. The Morgan fingerprint density at radius 3 is 2.79 bits per heavy atom. The maximum Gasteiger partial charge on any atom is 0.344 e. The molecule has 1 amide bonds. The van der Waals surface area contributed by atoms with E-state index in [0.717, 1.165) is 16.5 Å². The summed E-state index contributed by atoms with van der Waals surface area (Å²) >= 11 is 3.35. The Labute approximate surface area is 198 Å². The van der Waals surface area contributed by atoms with E-state index in [1.165, 1.54) is 20.1 Å². The lowest BCUT2D eigenvalue weighted by Crippen LogP contribution is -2.26. The van der Waals surface area contributed by atoms with Gasteiger partial charge in [0.15, 0.2) is 17.6 Å². The Morgan fingerprint density at radius 1 is 1.33 bits per heavy atom. The molecule has 0 aliphatic carbocycles. The molecule has 3 rings (SSSR count). The van der Waals surface area contributed by atoms with Crippen LogP contribution >= 0.6 is 15.9 Å². The zero-order valence-electron chi connectivity index (χ0n) is 18.0. The summed E-state index contributed by atoms with van der Waals surface area (Å²) in [6, 6.07) is 13.0. The highest BCUT2D eigenvalue weighted by molar-refractivity contribution is 9.10. The quantitative estimate of drug-likeness (QED) is 0.294. The summed E-state index contributed by atoms with van der Waals surface area (Å²) in [4.78, 5) is 27.1. The number of nitrogens with zero attached hydrogens (tertiary/aromatic N) is 1. The van der Waals surface area contributed by atoms with Crippen LogP contribution in [0.25, 0.3) is 17.0 Å².